The van der Waals surface area contributed by atoms with Crippen LogP contribution in [0.2, 0.25) is 0 Å². The molecule has 1 unspecified atom stereocenters. The second-order valence-electron chi connectivity index (χ2n) is 5.31. The van der Waals surface area contributed by atoms with Crippen molar-refractivity contribution in [2.45, 2.75) is 32.3 Å². The number of hydrogen-bond donors (Lipinski definition) is 1. The van der Waals surface area contributed by atoms with E-state index in [9.17, 15) is 0 Å². The van der Waals surface area contributed by atoms with Gasteiger partial charge in [0.25, 0.3) is 0 Å². The fraction of sp³-hybridized carbons (Fsp3) is 0.667. The van der Waals surface area contributed by atoms with E-state index in [2.05, 4.69) is 48.3 Å². The molecule has 0 radical (unpaired) electrons. The summed E-state index contributed by atoms with van der Waals surface area (Å²) in [7, 11) is 0. The van der Waals surface area contributed by atoms with Crippen molar-refractivity contribution >= 4 is 40.2 Å². The number of nitrogens with zero attached hydrogens (tertiary/aromatic N) is 2. The van der Waals surface area contributed by atoms with E-state index in [1.54, 1.807) is 0 Å². The van der Waals surface area contributed by atoms with Crippen molar-refractivity contribution in [3.05, 3.63) is 15.1 Å². The molecule has 4 nitrogen and oxygen atoms in total. The van der Waals surface area contributed by atoms with E-state index in [-0.39, 0.29) is 11.5 Å². The van der Waals surface area contributed by atoms with Gasteiger partial charge in [0.05, 0.1) is 15.9 Å². The number of ether oxygens (including phenoxy) is 1. The van der Waals surface area contributed by atoms with Crippen LogP contribution < -0.4 is 5.73 Å². The molecule has 1 aliphatic rings. The Kier molecular flexibility index (Phi) is 4.38. The summed E-state index contributed by atoms with van der Waals surface area (Å²) in [5.74, 6) is 3.24. The molecule has 100 valence electrons. The fourth-order valence-corrected chi connectivity index (χ4v) is 3.65. The Bertz CT molecular complexity index is 442. The average molecular weight is 379 g/mol. The number of halogens is 1. The number of nitrogen functional groups attached to an aromatic ring is 1. The van der Waals surface area contributed by atoms with Crippen LogP contribution >= 0.6 is 34.4 Å². The summed E-state index contributed by atoms with van der Waals surface area (Å²) < 4.78 is 6.67. The van der Waals surface area contributed by atoms with Crippen LogP contribution in [-0.2, 0) is 10.2 Å². The number of thioether (sulfide) groups is 1. The van der Waals surface area contributed by atoms with Gasteiger partial charge >= 0.3 is 0 Å². The van der Waals surface area contributed by atoms with Crippen molar-refractivity contribution in [3.8, 4) is 0 Å². The Morgan fingerprint density at radius 3 is 2.67 bits per heavy atom. The Labute approximate surface area is 126 Å². The van der Waals surface area contributed by atoms with Crippen LogP contribution in [0.25, 0.3) is 0 Å². The highest BCUT2D eigenvalue weighted by molar-refractivity contribution is 14.1. The van der Waals surface area contributed by atoms with Gasteiger partial charge in [0.15, 0.2) is 5.82 Å². The summed E-state index contributed by atoms with van der Waals surface area (Å²) in [5.41, 5.74) is 6.97. The zero-order chi connectivity index (χ0) is 13.3. The highest BCUT2D eigenvalue weighted by Gasteiger charge is 2.26. The maximum atomic E-state index is 6.00. The monoisotopic (exact) mass is 379 g/mol. The van der Waals surface area contributed by atoms with Gasteiger partial charge in [-0.05, 0) is 22.6 Å². The first-order chi connectivity index (χ1) is 8.39. The van der Waals surface area contributed by atoms with Gasteiger partial charge in [-0.25, -0.2) is 9.97 Å². The predicted octanol–water partition coefficient (Wildman–Crippen LogP) is 2.77. The normalized spacial score (nSPS) is 21.0. The summed E-state index contributed by atoms with van der Waals surface area (Å²) in [6.07, 6.45) is -0.0239. The highest BCUT2D eigenvalue weighted by atomic mass is 127. The first-order valence-corrected chi connectivity index (χ1v) is 8.15. The molecule has 1 aromatic rings. The van der Waals surface area contributed by atoms with E-state index in [1.165, 1.54) is 0 Å². The van der Waals surface area contributed by atoms with Crippen LogP contribution in [0.15, 0.2) is 0 Å². The molecule has 1 atom stereocenters. The Morgan fingerprint density at radius 1 is 1.39 bits per heavy atom. The van der Waals surface area contributed by atoms with Crippen LogP contribution in [0.4, 0.5) is 5.82 Å². The lowest BCUT2D eigenvalue weighted by Crippen LogP contribution is -2.23. The minimum absolute atomic E-state index is 0.0239. The molecule has 0 bridgehead atoms. The van der Waals surface area contributed by atoms with Crippen LogP contribution in [0.1, 0.15) is 38.4 Å². The molecule has 1 aromatic heterocycles. The quantitative estimate of drug-likeness (QED) is 0.761. The van der Waals surface area contributed by atoms with Gasteiger partial charge in [-0.15, -0.1) is 0 Å². The van der Waals surface area contributed by atoms with E-state index >= 15 is 0 Å². The standard InChI is InChI=1S/C12H18IN3OS/c1-12(2,3)9-8(13)10(14)16-11(15-9)7-6-18-5-4-17-7/h7H,4-6H2,1-3H3,(H2,14,15,16). The minimum Gasteiger partial charge on any atom is -0.383 e. The molecule has 0 spiro atoms. The van der Waals surface area contributed by atoms with E-state index < -0.39 is 0 Å². The lowest BCUT2D eigenvalue weighted by Gasteiger charge is -2.25. The third-order valence-corrected chi connectivity index (χ3v) is 4.77. The molecular weight excluding hydrogens is 361 g/mol. The maximum Gasteiger partial charge on any atom is 0.160 e. The van der Waals surface area contributed by atoms with E-state index in [1.807, 2.05) is 11.8 Å². The first kappa shape index (κ1) is 14.3. The molecule has 0 aliphatic carbocycles. The molecule has 18 heavy (non-hydrogen) atoms. The Balaban J connectivity index is 2.40. The zero-order valence-electron chi connectivity index (χ0n) is 10.9. The lowest BCUT2D eigenvalue weighted by molar-refractivity contribution is 0.0692. The average Bonchev–Trinajstić information content (AvgIpc) is 2.32. The molecule has 6 heteroatoms. The van der Waals surface area contributed by atoms with Gasteiger partial charge in [-0.3, -0.25) is 0 Å². The van der Waals surface area contributed by atoms with Crippen molar-refractivity contribution in [2.75, 3.05) is 23.8 Å². The van der Waals surface area contributed by atoms with Crippen molar-refractivity contribution in [1.29, 1.82) is 0 Å². The molecule has 0 amide bonds. The van der Waals surface area contributed by atoms with Crippen LogP contribution in [0, 0.1) is 3.57 Å². The largest absolute Gasteiger partial charge is 0.383 e. The molecule has 0 saturated carbocycles. The van der Waals surface area contributed by atoms with E-state index in [0.717, 1.165) is 33.2 Å². The molecular formula is C12H18IN3OS. The van der Waals surface area contributed by atoms with Crippen molar-refractivity contribution in [2.24, 2.45) is 0 Å². The maximum absolute atomic E-state index is 6.00. The molecule has 2 heterocycles. The molecule has 0 aromatic carbocycles. The van der Waals surface area contributed by atoms with Crippen molar-refractivity contribution < 1.29 is 4.74 Å². The first-order valence-electron chi connectivity index (χ1n) is 5.92. The van der Waals surface area contributed by atoms with Gasteiger partial charge in [0.1, 0.15) is 11.9 Å². The second kappa shape index (κ2) is 5.50. The van der Waals surface area contributed by atoms with Crippen LogP contribution in [0.5, 0.6) is 0 Å². The lowest BCUT2D eigenvalue weighted by atomic mass is 9.92. The van der Waals surface area contributed by atoms with Crippen LogP contribution in [0.3, 0.4) is 0 Å². The zero-order valence-corrected chi connectivity index (χ0v) is 13.8. The summed E-state index contributed by atoms with van der Waals surface area (Å²) in [5, 5.41) is 0. The van der Waals surface area contributed by atoms with Gasteiger partial charge in [0, 0.05) is 16.9 Å². The number of nitrogens with two attached hydrogens (primary N) is 1. The van der Waals surface area contributed by atoms with E-state index in [4.69, 9.17) is 15.5 Å². The molecule has 1 saturated heterocycles. The Hall–Kier alpha value is -0.0800. The van der Waals surface area contributed by atoms with Crippen molar-refractivity contribution in [1.82, 2.24) is 9.97 Å². The summed E-state index contributed by atoms with van der Waals surface area (Å²) in [6.45, 7) is 7.17. The minimum atomic E-state index is -0.0376. The van der Waals surface area contributed by atoms with E-state index in [0.29, 0.717) is 5.82 Å². The van der Waals surface area contributed by atoms with Gasteiger partial charge in [0.2, 0.25) is 0 Å². The summed E-state index contributed by atoms with van der Waals surface area (Å²) in [4.78, 5) is 9.08. The fourth-order valence-electron chi connectivity index (χ4n) is 1.76. The SMILES string of the molecule is CC(C)(C)c1nc(C2CSCCO2)nc(N)c1I. The summed E-state index contributed by atoms with van der Waals surface area (Å²) in [6, 6.07) is 0. The smallest absolute Gasteiger partial charge is 0.160 e. The van der Waals surface area contributed by atoms with Crippen LogP contribution in [-0.4, -0.2) is 28.1 Å². The third-order valence-electron chi connectivity index (χ3n) is 2.71. The molecule has 1 aliphatic heterocycles. The number of rotatable bonds is 1. The number of anilines is 1. The Morgan fingerprint density at radius 2 is 2.11 bits per heavy atom. The topological polar surface area (TPSA) is 61.0 Å². The highest BCUT2D eigenvalue weighted by Crippen LogP contribution is 2.31. The second-order valence-corrected chi connectivity index (χ2v) is 7.54. The predicted molar refractivity (Wildman–Crippen MR) is 83.9 cm³/mol. The van der Waals surface area contributed by atoms with Gasteiger partial charge in [-0.1, -0.05) is 20.8 Å². The van der Waals surface area contributed by atoms with Crippen molar-refractivity contribution in [3.63, 3.8) is 0 Å². The molecule has 1 fully saturated rings. The number of aromatic nitrogens is 2. The molecule has 2 N–H and O–H groups in total. The van der Waals surface area contributed by atoms with Gasteiger partial charge < -0.3 is 10.5 Å². The third kappa shape index (κ3) is 3.08. The number of hydrogen-bond acceptors (Lipinski definition) is 5. The molecule has 2 rings (SSSR count). The summed E-state index contributed by atoms with van der Waals surface area (Å²) >= 11 is 4.10. The van der Waals surface area contributed by atoms with Gasteiger partial charge in [-0.2, -0.15) is 11.8 Å².